The molecule has 0 unspecified atom stereocenters. The molecular weight excluding hydrogens is 411 g/mol. The Balaban J connectivity index is 2.16. The van der Waals surface area contributed by atoms with E-state index in [-0.39, 0.29) is 12.2 Å². The third-order valence-electron chi connectivity index (χ3n) is 4.21. The largest absolute Gasteiger partial charge is 0.462 e. The molecule has 0 aromatic heterocycles. The molecule has 0 fully saturated rings. The average molecular weight is 430 g/mol. The fraction of sp³-hybridized carbons (Fsp3) is 0.333. The molecule has 0 aliphatic rings. The van der Waals surface area contributed by atoms with Gasteiger partial charge < -0.3 is 9.47 Å². The van der Waals surface area contributed by atoms with E-state index in [1.54, 1.807) is 0 Å². The zero-order valence-corrected chi connectivity index (χ0v) is 16.1. The lowest BCUT2D eigenvalue weighted by molar-refractivity contribution is 0.0489. The fourth-order valence-corrected chi connectivity index (χ4v) is 2.61. The zero-order valence-electron chi connectivity index (χ0n) is 16.1. The Morgan fingerprint density at radius 3 is 1.80 bits per heavy atom. The molecule has 0 amide bonds. The second-order valence-corrected chi connectivity index (χ2v) is 6.38. The van der Waals surface area contributed by atoms with E-state index >= 15 is 0 Å². The SMILES string of the molecule is CCCCCCCOC(=O)c1ccccc1C(=O)Oc1c(F)c(F)c(F)c(F)c1F. The summed E-state index contributed by atoms with van der Waals surface area (Å²) in [4.78, 5) is 24.5. The number of ether oxygens (including phenoxy) is 2. The Morgan fingerprint density at radius 2 is 1.23 bits per heavy atom. The minimum absolute atomic E-state index is 0.101. The Hall–Kier alpha value is -2.97. The number of carbonyl (C=O) groups is 2. The van der Waals surface area contributed by atoms with Gasteiger partial charge in [-0.2, -0.15) is 8.78 Å². The van der Waals surface area contributed by atoms with E-state index in [9.17, 15) is 31.5 Å². The number of halogens is 5. The van der Waals surface area contributed by atoms with Gasteiger partial charge in [0.05, 0.1) is 17.7 Å². The van der Waals surface area contributed by atoms with Gasteiger partial charge in [0.1, 0.15) is 0 Å². The van der Waals surface area contributed by atoms with Gasteiger partial charge >= 0.3 is 11.9 Å². The summed E-state index contributed by atoms with van der Waals surface area (Å²) in [5.74, 6) is -15.6. The first-order valence-electron chi connectivity index (χ1n) is 9.29. The van der Waals surface area contributed by atoms with Crippen LogP contribution >= 0.6 is 0 Å². The molecule has 0 radical (unpaired) electrons. The molecule has 0 saturated heterocycles. The van der Waals surface area contributed by atoms with Gasteiger partial charge in [-0.3, -0.25) is 0 Å². The zero-order chi connectivity index (χ0) is 22.3. The highest BCUT2D eigenvalue weighted by Crippen LogP contribution is 2.30. The lowest BCUT2D eigenvalue weighted by Crippen LogP contribution is -2.18. The lowest BCUT2D eigenvalue weighted by atomic mass is 10.1. The van der Waals surface area contributed by atoms with E-state index in [4.69, 9.17) is 4.74 Å². The van der Waals surface area contributed by atoms with Gasteiger partial charge in [-0.05, 0) is 18.6 Å². The summed E-state index contributed by atoms with van der Waals surface area (Å²) in [5, 5.41) is 0. The van der Waals surface area contributed by atoms with Crippen LogP contribution in [0.5, 0.6) is 5.75 Å². The van der Waals surface area contributed by atoms with Crippen molar-refractivity contribution in [2.75, 3.05) is 6.61 Å². The molecule has 30 heavy (non-hydrogen) atoms. The van der Waals surface area contributed by atoms with Crippen LogP contribution in [0.2, 0.25) is 0 Å². The molecule has 0 N–H and O–H groups in total. The van der Waals surface area contributed by atoms with Crippen LogP contribution in [0.4, 0.5) is 22.0 Å². The minimum atomic E-state index is -2.38. The number of hydrogen-bond acceptors (Lipinski definition) is 4. The van der Waals surface area contributed by atoms with Crippen LogP contribution < -0.4 is 4.74 Å². The van der Waals surface area contributed by atoms with Gasteiger partial charge in [0, 0.05) is 0 Å². The van der Waals surface area contributed by atoms with Crippen LogP contribution in [-0.2, 0) is 4.74 Å². The molecule has 9 heteroatoms. The second kappa shape index (κ2) is 10.7. The molecular formula is C21H19F5O4. The number of benzene rings is 2. The average Bonchev–Trinajstić information content (AvgIpc) is 2.76. The predicted molar refractivity (Wildman–Crippen MR) is 96.7 cm³/mol. The second-order valence-electron chi connectivity index (χ2n) is 6.38. The fourth-order valence-electron chi connectivity index (χ4n) is 2.61. The molecule has 0 aliphatic heterocycles. The predicted octanol–water partition coefficient (Wildman–Crippen LogP) is 5.73. The number of hydrogen-bond donors (Lipinski definition) is 0. The summed E-state index contributed by atoms with van der Waals surface area (Å²) in [6.45, 7) is 2.16. The molecule has 0 heterocycles. The highest BCUT2D eigenvalue weighted by Gasteiger charge is 2.30. The van der Waals surface area contributed by atoms with E-state index in [1.807, 2.05) is 0 Å². The highest BCUT2D eigenvalue weighted by atomic mass is 19.2. The monoisotopic (exact) mass is 430 g/mol. The Morgan fingerprint density at radius 1 is 0.733 bits per heavy atom. The maximum atomic E-state index is 13.7. The van der Waals surface area contributed by atoms with E-state index in [2.05, 4.69) is 11.7 Å². The molecule has 2 aromatic carbocycles. The van der Waals surface area contributed by atoms with Gasteiger partial charge in [-0.1, -0.05) is 44.7 Å². The van der Waals surface area contributed by atoms with E-state index < -0.39 is 52.3 Å². The van der Waals surface area contributed by atoms with Crippen molar-refractivity contribution in [3.05, 3.63) is 64.5 Å². The van der Waals surface area contributed by atoms with Gasteiger partial charge in [0.15, 0.2) is 0 Å². The van der Waals surface area contributed by atoms with Crippen molar-refractivity contribution in [1.82, 2.24) is 0 Å². The molecule has 0 spiro atoms. The molecule has 2 aromatic rings. The molecule has 0 atom stereocenters. The van der Waals surface area contributed by atoms with Crippen LogP contribution in [0.3, 0.4) is 0 Å². The number of rotatable bonds is 9. The van der Waals surface area contributed by atoms with Crippen molar-refractivity contribution < 1.29 is 41.0 Å². The van der Waals surface area contributed by atoms with Crippen molar-refractivity contribution in [2.24, 2.45) is 0 Å². The minimum Gasteiger partial charge on any atom is -0.462 e. The summed E-state index contributed by atoms with van der Waals surface area (Å²) in [6.07, 6.45) is 4.56. The lowest BCUT2D eigenvalue weighted by Gasteiger charge is -2.11. The van der Waals surface area contributed by atoms with E-state index in [0.717, 1.165) is 31.7 Å². The topological polar surface area (TPSA) is 52.6 Å². The standard InChI is InChI=1S/C21H19F5O4/c1-2-3-4-5-8-11-29-20(27)12-9-6-7-10-13(12)21(28)30-19-17(25)15(23)14(22)16(24)18(19)26/h6-7,9-10H,2-5,8,11H2,1H3. The third kappa shape index (κ3) is 5.34. The summed E-state index contributed by atoms with van der Waals surface area (Å²) >= 11 is 0. The van der Waals surface area contributed by atoms with Crippen molar-refractivity contribution in [3.63, 3.8) is 0 Å². The molecule has 0 bridgehead atoms. The first-order valence-corrected chi connectivity index (χ1v) is 9.29. The van der Waals surface area contributed by atoms with Crippen molar-refractivity contribution in [2.45, 2.75) is 39.0 Å². The number of carbonyl (C=O) groups excluding carboxylic acids is 2. The maximum Gasteiger partial charge on any atom is 0.344 e. The summed E-state index contributed by atoms with van der Waals surface area (Å²) < 4.78 is 76.7. The van der Waals surface area contributed by atoms with Gasteiger partial charge in [0.25, 0.3) is 0 Å². The van der Waals surface area contributed by atoms with Gasteiger partial charge in [-0.15, -0.1) is 0 Å². The van der Waals surface area contributed by atoms with E-state index in [0.29, 0.717) is 6.42 Å². The van der Waals surface area contributed by atoms with E-state index in [1.165, 1.54) is 18.2 Å². The molecule has 4 nitrogen and oxygen atoms in total. The van der Waals surface area contributed by atoms with Crippen LogP contribution in [0.1, 0.15) is 59.7 Å². The highest BCUT2D eigenvalue weighted by molar-refractivity contribution is 6.03. The first-order chi connectivity index (χ1) is 14.3. The summed E-state index contributed by atoms with van der Waals surface area (Å²) in [7, 11) is 0. The van der Waals surface area contributed by atoms with Crippen molar-refractivity contribution in [1.29, 1.82) is 0 Å². The molecule has 0 saturated carbocycles. The van der Waals surface area contributed by atoms with Crippen LogP contribution in [-0.4, -0.2) is 18.5 Å². The van der Waals surface area contributed by atoms with Crippen LogP contribution in [0, 0.1) is 29.1 Å². The summed E-state index contributed by atoms with van der Waals surface area (Å²) in [6, 6.07) is 5.06. The Kier molecular flexibility index (Phi) is 8.32. The smallest absolute Gasteiger partial charge is 0.344 e. The third-order valence-corrected chi connectivity index (χ3v) is 4.21. The normalized spacial score (nSPS) is 10.7. The van der Waals surface area contributed by atoms with Gasteiger partial charge in [0.2, 0.25) is 34.8 Å². The van der Waals surface area contributed by atoms with Crippen molar-refractivity contribution >= 4 is 11.9 Å². The number of esters is 2. The number of unbranched alkanes of at least 4 members (excludes halogenated alkanes) is 4. The first kappa shape index (κ1) is 23.3. The molecule has 0 aliphatic carbocycles. The molecule has 162 valence electrons. The summed E-state index contributed by atoms with van der Waals surface area (Å²) in [5.41, 5.74) is -0.711. The maximum absolute atomic E-state index is 13.7. The quantitative estimate of drug-likeness (QED) is 0.127. The Bertz CT molecular complexity index is 901. The van der Waals surface area contributed by atoms with Crippen molar-refractivity contribution in [3.8, 4) is 5.75 Å². The van der Waals surface area contributed by atoms with Gasteiger partial charge in [-0.25, -0.2) is 22.8 Å². The Labute approximate surface area is 169 Å². The van der Waals surface area contributed by atoms with Crippen LogP contribution in [0.25, 0.3) is 0 Å². The molecule has 2 rings (SSSR count). The van der Waals surface area contributed by atoms with Crippen LogP contribution in [0.15, 0.2) is 24.3 Å².